The SMILES string of the molecule is Fc1ccc2ncnc(NCc3csc(-c4ccccc4)n3)c2c1. The summed E-state index contributed by atoms with van der Waals surface area (Å²) in [6, 6.07) is 14.5. The van der Waals surface area contributed by atoms with Gasteiger partial charge in [0.25, 0.3) is 0 Å². The molecule has 118 valence electrons. The normalized spacial score (nSPS) is 10.9. The summed E-state index contributed by atoms with van der Waals surface area (Å²) in [5, 5.41) is 6.88. The molecule has 4 aromatic rings. The van der Waals surface area contributed by atoms with E-state index in [1.165, 1.54) is 18.5 Å². The smallest absolute Gasteiger partial charge is 0.137 e. The number of thiazole rings is 1. The Balaban J connectivity index is 1.56. The van der Waals surface area contributed by atoms with Gasteiger partial charge in [-0.05, 0) is 18.2 Å². The minimum atomic E-state index is -0.305. The van der Waals surface area contributed by atoms with Gasteiger partial charge in [0.05, 0.1) is 17.8 Å². The van der Waals surface area contributed by atoms with Crippen molar-refractivity contribution in [1.29, 1.82) is 0 Å². The van der Waals surface area contributed by atoms with Crippen molar-refractivity contribution in [2.45, 2.75) is 6.54 Å². The van der Waals surface area contributed by atoms with Crippen LogP contribution in [0.3, 0.4) is 0 Å². The van der Waals surface area contributed by atoms with Crippen molar-refractivity contribution in [2.24, 2.45) is 0 Å². The molecule has 0 aliphatic carbocycles. The molecule has 0 radical (unpaired) electrons. The van der Waals surface area contributed by atoms with E-state index in [1.807, 2.05) is 35.7 Å². The van der Waals surface area contributed by atoms with Crippen molar-refractivity contribution in [3.05, 3.63) is 71.7 Å². The van der Waals surface area contributed by atoms with Crippen LogP contribution in [0.15, 0.2) is 60.2 Å². The molecule has 24 heavy (non-hydrogen) atoms. The average molecular weight is 336 g/mol. The van der Waals surface area contributed by atoms with Gasteiger partial charge in [-0.3, -0.25) is 0 Å². The lowest BCUT2D eigenvalue weighted by Crippen LogP contribution is -2.03. The van der Waals surface area contributed by atoms with Gasteiger partial charge in [0.15, 0.2) is 0 Å². The quantitative estimate of drug-likeness (QED) is 0.596. The van der Waals surface area contributed by atoms with Crippen LogP contribution in [0.1, 0.15) is 5.69 Å². The molecule has 0 saturated heterocycles. The topological polar surface area (TPSA) is 50.7 Å². The van der Waals surface area contributed by atoms with Crippen LogP contribution >= 0.6 is 11.3 Å². The van der Waals surface area contributed by atoms with E-state index in [9.17, 15) is 4.39 Å². The molecule has 2 aromatic carbocycles. The molecular formula is C18H13FN4S. The zero-order valence-corrected chi connectivity index (χ0v) is 13.4. The molecule has 0 aliphatic rings. The van der Waals surface area contributed by atoms with Crippen molar-refractivity contribution in [1.82, 2.24) is 15.0 Å². The minimum absolute atomic E-state index is 0.305. The summed E-state index contributed by atoms with van der Waals surface area (Å²) in [5.74, 6) is 0.300. The van der Waals surface area contributed by atoms with Crippen LogP contribution in [0.2, 0.25) is 0 Å². The van der Waals surface area contributed by atoms with E-state index in [-0.39, 0.29) is 5.82 Å². The molecule has 0 spiro atoms. The molecule has 0 aliphatic heterocycles. The second kappa shape index (κ2) is 6.33. The second-order valence-electron chi connectivity index (χ2n) is 5.25. The number of aromatic nitrogens is 3. The molecule has 2 heterocycles. The Morgan fingerprint density at radius 3 is 2.79 bits per heavy atom. The molecule has 0 fully saturated rings. The molecule has 2 aromatic heterocycles. The lowest BCUT2D eigenvalue weighted by molar-refractivity contribution is 0.629. The third kappa shape index (κ3) is 2.96. The van der Waals surface area contributed by atoms with E-state index in [1.54, 1.807) is 17.4 Å². The summed E-state index contributed by atoms with van der Waals surface area (Å²) in [6.07, 6.45) is 1.47. The summed E-state index contributed by atoms with van der Waals surface area (Å²) < 4.78 is 13.5. The molecule has 0 saturated carbocycles. The first kappa shape index (κ1) is 14.7. The number of rotatable bonds is 4. The van der Waals surface area contributed by atoms with Crippen LogP contribution in [0, 0.1) is 5.82 Å². The van der Waals surface area contributed by atoms with E-state index in [0.29, 0.717) is 23.3 Å². The van der Waals surface area contributed by atoms with Crippen LogP contribution in [0.25, 0.3) is 21.5 Å². The highest BCUT2D eigenvalue weighted by molar-refractivity contribution is 7.13. The fraction of sp³-hybridized carbons (Fsp3) is 0.0556. The Morgan fingerprint density at radius 1 is 1.04 bits per heavy atom. The molecule has 0 amide bonds. The molecule has 4 nitrogen and oxygen atoms in total. The van der Waals surface area contributed by atoms with Crippen LogP contribution in [0.4, 0.5) is 10.2 Å². The first-order chi connectivity index (χ1) is 11.8. The highest BCUT2D eigenvalue weighted by atomic mass is 32.1. The Bertz CT molecular complexity index is 985. The van der Waals surface area contributed by atoms with Gasteiger partial charge in [0.1, 0.15) is 23.0 Å². The van der Waals surface area contributed by atoms with Gasteiger partial charge in [-0.1, -0.05) is 30.3 Å². The summed E-state index contributed by atoms with van der Waals surface area (Å²) in [6.45, 7) is 0.520. The van der Waals surface area contributed by atoms with Gasteiger partial charge < -0.3 is 5.32 Å². The predicted molar refractivity (Wildman–Crippen MR) is 94.4 cm³/mol. The highest BCUT2D eigenvalue weighted by Crippen LogP contribution is 2.24. The van der Waals surface area contributed by atoms with Crippen molar-refractivity contribution in [3.63, 3.8) is 0 Å². The number of hydrogen-bond donors (Lipinski definition) is 1. The number of hydrogen-bond acceptors (Lipinski definition) is 5. The van der Waals surface area contributed by atoms with E-state index in [4.69, 9.17) is 0 Å². The van der Waals surface area contributed by atoms with Gasteiger partial charge in [0, 0.05) is 16.3 Å². The van der Waals surface area contributed by atoms with Crippen LogP contribution < -0.4 is 5.32 Å². The Kier molecular flexibility index (Phi) is 3.88. The van der Waals surface area contributed by atoms with E-state index in [2.05, 4.69) is 20.3 Å². The number of anilines is 1. The minimum Gasteiger partial charge on any atom is -0.364 e. The van der Waals surface area contributed by atoms with Gasteiger partial charge in [-0.25, -0.2) is 19.3 Å². The number of nitrogens with zero attached hydrogens (tertiary/aromatic N) is 3. The average Bonchev–Trinajstić information content (AvgIpc) is 3.10. The number of fused-ring (bicyclic) bond motifs is 1. The predicted octanol–water partition coefficient (Wildman–Crippen LogP) is 4.50. The number of halogens is 1. The third-order valence-corrected chi connectivity index (χ3v) is 4.55. The summed E-state index contributed by atoms with van der Waals surface area (Å²) in [5.41, 5.74) is 2.72. The fourth-order valence-corrected chi connectivity index (χ4v) is 3.27. The van der Waals surface area contributed by atoms with Crippen LogP contribution in [0.5, 0.6) is 0 Å². The molecule has 6 heteroatoms. The molecule has 0 bridgehead atoms. The maximum atomic E-state index is 13.5. The highest BCUT2D eigenvalue weighted by Gasteiger charge is 2.07. The van der Waals surface area contributed by atoms with Crippen molar-refractivity contribution >= 4 is 28.1 Å². The van der Waals surface area contributed by atoms with Crippen molar-refractivity contribution in [3.8, 4) is 10.6 Å². The first-order valence-electron chi connectivity index (χ1n) is 7.43. The van der Waals surface area contributed by atoms with Crippen LogP contribution in [-0.4, -0.2) is 15.0 Å². The molecule has 0 unspecified atom stereocenters. The van der Waals surface area contributed by atoms with Crippen molar-refractivity contribution in [2.75, 3.05) is 5.32 Å². The lowest BCUT2D eigenvalue weighted by Gasteiger charge is -2.06. The van der Waals surface area contributed by atoms with E-state index < -0.39 is 0 Å². The van der Waals surface area contributed by atoms with Gasteiger partial charge in [-0.2, -0.15) is 0 Å². The monoisotopic (exact) mass is 336 g/mol. The van der Waals surface area contributed by atoms with E-state index >= 15 is 0 Å². The Labute approximate surface area is 142 Å². The summed E-state index contributed by atoms with van der Waals surface area (Å²) in [7, 11) is 0. The van der Waals surface area contributed by atoms with Crippen LogP contribution in [-0.2, 0) is 6.54 Å². The zero-order valence-electron chi connectivity index (χ0n) is 12.6. The fourth-order valence-electron chi connectivity index (χ4n) is 2.45. The van der Waals surface area contributed by atoms with Gasteiger partial charge in [-0.15, -0.1) is 11.3 Å². The van der Waals surface area contributed by atoms with Gasteiger partial charge >= 0.3 is 0 Å². The van der Waals surface area contributed by atoms with E-state index in [0.717, 1.165) is 16.3 Å². The maximum absolute atomic E-state index is 13.5. The number of benzene rings is 2. The molecule has 0 atom stereocenters. The molecule has 1 N–H and O–H groups in total. The summed E-state index contributed by atoms with van der Waals surface area (Å²) in [4.78, 5) is 13.0. The van der Waals surface area contributed by atoms with Gasteiger partial charge in [0.2, 0.25) is 0 Å². The largest absolute Gasteiger partial charge is 0.364 e. The second-order valence-corrected chi connectivity index (χ2v) is 6.11. The lowest BCUT2D eigenvalue weighted by atomic mass is 10.2. The first-order valence-corrected chi connectivity index (χ1v) is 8.31. The number of nitrogens with one attached hydrogen (secondary N) is 1. The Morgan fingerprint density at radius 2 is 1.92 bits per heavy atom. The molecule has 4 rings (SSSR count). The zero-order chi connectivity index (χ0) is 16.4. The molecular weight excluding hydrogens is 323 g/mol. The Hall–Kier alpha value is -2.86. The summed E-state index contributed by atoms with van der Waals surface area (Å²) >= 11 is 1.60. The standard InChI is InChI=1S/C18H13FN4S/c19-13-6-7-16-15(8-13)17(22-11-21-16)20-9-14-10-24-18(23-14)12-4-2-1-3-5-12/h1-8,10-11H,9H2,(H,20,21,22). The van der Waals surface area contributed by atoms with Crippen molar-refractivity contribution < 1.29 is 4.39 Å². The maximum Gasteiger partial charge on any atom is 0.137 e. The third-order valence-electron chi connectivity index (χ3n) is 3.61.